The monoisotopic (exact) mass is 227 g/mol. The van der Waals surface area contributed by atoms with Crippen LogP contribution in [0.25, 0.3) is 0 Å². The minimum atomic E-state index is -0.316. The lowest BCUT2D eigenvalue weighted by Gasteiger charge is -2.18. The number of rotatable bonds is 6. The van der Waals surface area contributed by atoms with Gasteiger partial charge in [-0.05, 0) is 19.5 Å². The molecule has 1 aliphatic heterocycles. The first-order valence-electron chi connectivity index (χ1n) is 5.96. The molecular formula is C11H21N3O2. The highest BCUT2D eigenvalue weighted by atomic mass is 16.2. The van der Waals surface area contributed by atoms with E-state index in [1.54, 1.807) is 0 Å². The fourth-order valence-electron chi connectivity index (χ4n) is 1.81. The number of carbonyl (C=O) groups excluding carboxylic acids is 2. The van der Waals surface area contributed by atoms with Crippen LogP contribution >= 0.6 is 0 Å². The van der Waals surface area contributed by atoms with Crippen LogP contribution in [0.5, 0.6) is 0 Å². The Morgan fingerprint density at radius 1 is 1.50 bits per heavy atom. The van der Waals surface area contributed by atoms with Crippen LogP contribution in [0.3, 0.4) is 0 Å². The molecule has 1 heterocycles. The zero-order valence-corrected chi connectivity index (χ0v) is 10.1. The Hall–Kier alpha value is -1.10. The summed E-state index contributed by atoms with van der Waals surface area (Å²) in [5.41, 5.74) is 0. The first-order valence-corrected chi connectivity index (χ1v) is 5.96. The molecule has 2 amide bonds. The minimum absolute atomic E-state index is 0.0242. The molecule has 0 aromatic heterocycles. The second-order valence-electron chi connectivity index (χ2n) is 3.98. The molecule has 5 heteroatoms. The van der Waals surface area contributed by atoms with Crippen molar-refractivity contribution in [3.8, 4) is 0 Å². The average molecular weight is 227 g/mol. The normalized spacial score (nSPS) is 19.9. The Bertz CT molecular complexity index is 252. The highest BCUT2D eigenvalue weighted by molar-refractivity contribution is 5.90. The highest BCUT2D eigenvalue weighted by Crippen LogP contribution is 2.05. The van der Waals surface area contributed by atoms with Crippen LogP contribution in [0.4, 0.5) is 0 Å². The van der Waals surface area contributed by atoms with Gasteiger partial charge < -0.3 is 15.5 Å². The van der Waals surface area contributed by atoms with Gasteiger partial charge in [0.1, 0.15) is 6.04 Å². The van der Waals surface area contributed by atoms with E-state index < -0.39 is 0 Å². The average Bonchev–Trinajstić information content (AvgIpc) is 2.71. The second kappa shape index (κ2) is 6.48. The standard InChI is InChI=1S/C11H21N3O2/c1-3-14(4-2)8-7-12-11(16)9-5-6-10(15)13-9/h9H,3-8H2,1-2H3,(H,12,16)(H,13,15)/t9-/m1/s1. The van der Waals surface area contributed by atoms with Gasteiger partial charge in [-0.2, -0.15) is 0 Å². The molecule has 0 aromatic carbocycles. The Labute approximate surface area is 96.6 Å². The number of carbonyl (C=O) groups is 2. The SMILES string of the molecule is CCN(CC)CCNC(=O)[C@H]1CCC(=O)N1. The van der Waals surface area contributed by atoms with Crippen LogP contribution in [-0.4, -0.2) is 48.9 Å². The van der Waals surface area contributed by atoms with E-state index in [1.165, 1.54) is 0 Å². The van der Waals surface area contributed by atoms with Crippen molar-refractivity contribution in [3.63, 3.8) is 0 Å². The molecule has 16 heavy (non-hydrogen) atoms. The van der Waals surface area contributed by atoms with Gasteiger partial charge in [0, 0.05) is 19.5 Å². The third kappa shape index (κ3) is 3.81. The lowest BCUT2D eigenvalue weighted by Crippen LogP contribution is -2.44. The van der Waals surface area contributed by atoms with Crippen molar-refractivity contribution in [2.24, 2.45) is 0 Å². The van der Waals surface area contributed by atoms with E-state index in [0.717, 1.165) is 19.6 Å². The zero-order valence-electron chi connectivity index (χ0n) is 10.1. The van der Waals surface area contributed by atoms with Crippen LogP contribution in [0.15, 0.2) is 0 Å². The summed E-state index contributed by atoms with van der Waals surface area (Å²) in [6, 6.07) is -0.316. The van der Waals surface area contributed by atoms with Crippen molar-refractivity contribution in [2.45, 2.75) is 32.7 Å². The lowest BCUT2D eigenvalue weighted by atomic mass is 10.2. The predicted molar refractivity (Wildman–Crippen MR) is 62.0 cm³/mol. The first-order chi connectivity index (χ1) is 7.67. The van der Waals surface area contributed by atoms with Crippen LogP contribution in [0, 0.1) is 0 Å². The molecule has 5 nitrogen and oxygen atoms in total. The molecule has 1 fully saturated rings. The fraction of sp³-hybridized carbons (Fsp3) is 0.818. The maximum absolute atomic E-state index is 11.6. The van der Waals surface area contributed by atoms with Crippen LogP contribution in [0.2, 0.25) is 0 Å². The molecule has 0 unspecified atom stereocenters. The van der Waals surface area contributed by atoms with E-state index >= 15 is 0 Å². The molecule has 0 aliphatic carbocycles. The van der Waals surface area contributed by atoms with Crippen molar-refractivity contribution < 1.29 is 9.59 Å². The second-order valence-corrected chi connectivity index (χ2v) is 3.98. The minimum Gasteiger partial charge on any atom is -0.353 e. The molecule has 1 rings (SSSR count). The van der Waals surface area contributed by atoms with Gasteiger partial charge in [0.2, 0.25) is 11.8 Å². The Morgan fingerprint density at radius 2 is 2.19 bits per heavy atom. The van der Waals surface area contributed by atoms with Crippen molar-refractivity contribution >= 4 is 11.8 Å². The van der Waals surface area contributed by atoms with Gasteiger partial charge in [0.05, 0.1) is 0 Å². The molecule has 1 aliphatic rings. The summed E-state index contributed by atoms with van der Waals surface area (Å²) in [5.74, 6) is -0.0816. The van der Waals surface area contributed by atoms with E-state index in [1.807, 2.05) is 0 Å². The van der Waals surface area contributed by atoms with Gasteiger partial charge >= 0.3 is 0 Å². The molecule has 0 saturated carbocycles. The van der Waals surface area contributed by atoms with E-state index in [-0.39, 0.29) is 17.9 Å². The number of nitrogens with zero attached hydrogens (tertiary/aromatic N) is 1. The quantitative estimate of drug-likeness (QED) is 0.656. The largest absolute Gasteiger partial charge is 0.353 e. The first kappa shape index (κ1) is 13.0. The number of likely N-dealkylation sites (N-methyl/N-ethyl adjacent to an activating group) is 1. The molecule has 1 atom stereocenters. The summed E-state index contributed by atoms with van der Waals surface area (Å²) in [5, 5.41) is 5.50. The Balaban J connectivity index is 2.17. The van der Waals surface area contributed by atoms with Gasteiger partial charge in [-0.1, -0.05) is 13.8 Å². The van der Waals surface area contributed by atoms with E-state index in [9.17, 15) is 9.59 Å². The number of hydrogen-bond donors (Lipinski definition) is 2. The summed E-state index contributed by atoms with van der Waals surface area (Å²) in [6.07, 6.45) is 1.09. The molecule has 1 saturated heterocycles. The number of hydrogen-bond acceptors (Lipinski definition) is 3. The van der Waals surface area contributed by atoms with Crippen LogP contribution < -0.4 is 10.6 Å². The summed E-state index contributed by atoms with van der Waals surface area (Å²) in [4.78, 5) is 24.8. The maximum atomic E-state index is 11.6. The third-order valence-corrected chi connectivity index (χ3v) is 2.93. The zero-order chi connectivity index (χ0) is 12.0. The van der Waals surface area contributed by atoms with Gasteiger partial charge in [-0.25, -0.2) is 0 Å². The molecule has 0 radical (unpaired) electrons. The summed E-state index contributed by atoms with van der Waals surface area (Å²) in [7, 11) is 0. The van der Waals surface area contributed by atoms with Gasteiger partial charge in [-0.15, -0.1) is 0 Å². The maximum Gasteiger partial charge on any atom is 0.242 e. The fourth-order valence-corrected chi connectivity index (χ4v) is 1.81. The summed E-state index contributed by atoms with van der Waals surface area (Å²) in [6.45, 7) is 7.69. The van der Waals surface area contributed by atoms with Crippen LogP contribution in [-0.2, 0) is 9.59 Å². The van der Waals surface area contributed by atoms with Gasteiger partial charge in [0.25, 0.3) is 0 Å². The molecule has 0 aromatic rings. The van der Waals surface area contributed by atoms with E-state index in [0.29, 0.717) is 19.4 Å². The summed E-state index contributed by atoms with van der Waals surface area (Å²) < 4.78 is 0. The topological polar surface area (TPSA) is 61.4 Å². The lowest BCUT2D eigenvalue weighted by molar-refractivity contribution is -0.125. The van der Waals surface area contributed by atoms with Gasteiger partial charge in [-0.3, -0.25) is 9.59 Å². The third-order valence-electron chi connectivity index (χ3n) is 2.93. The summed E-state index contributed by atoms with van der Waals surface area (Å²) >= 11 is 0. The Kier molecular flexibility index (Phi) is 5.25. The van der Waals surface area contributed by atoms with E-state index in [4.69, 9.17) is 0 Å². The van der Waals surface area contributed by atoms with Crippen molar-refractivity contribution in [1.29, 1.82) is 0 Å². The predicted octanol–water partition coefficient (Wildman–Crippen LogP) is -0.277. The van der Waals surface area contributed by atoms with Gasteiger partial charge in [0.15, 0.2) is 0 Å². The van der Waals surface area contributed by atoms with Crippen molar-refractivity contribution in [3.05, 3.63) is 0 Å². The smallest absolute Gasteiger partial charge is 0.242 e. The van der Waals surface area contributed by atoms with E-state index in [2.05, 4.69) is 29.4 Å². The number of amides is 2. The molecule has 0 spiro atoms. The number of nitrogens with one attached hydrogen (secondary N) is 2. The molecule has 2 N–H and O–H groups in total. The van der Waals surface area contributed by atoms with Crippen LogP contribution in [0.1, 0.15) is 26.7 Å². The molecule has 0 bridgehead atoms. The molecular weight excluding hydrogens is 206 g/mol. The highest BCUT2D eigenvalue weighted by Gasteiger charge is 2.26. The molecule has 92 valence electrons. The van der Waals surface area contributed by atoms with Crippen molar-refractivity contribution in [2.75, 3.05) is 26.2 Å². The van der Waals surface area contributed by atoms with Crippen molar-refractivity contribution in [1.82, 2.24) is 15.5 Å². The Morgan fingerprint density at radius 3 is 2.69 bits per heavy atom.